The van der Waals surface area contributed by atoms with Crippen LogP contribution in [0.25, 0.3) is 6.08 Å². The van der Waals surface area contributed by atoms with Gasteiger partial charge >= 0.3 is 0 Å². The lowest BCUT2D eigenvalue weighted by atomic mass is 10.1. The van der Waals surface area contributed by atoms with Crippen molar-refractivity contribution in [2.45, 2.75) is 13.1 Å². The highest BCUT2D eigenvalue weighted by Gasteiger charge is 2.02. The minimum atomic E-state index is -0.177. The number of hydrogen-bond donors (Lipinski definition) is 1. The van der Waals surface area contributed by atoms with Crippen molar-refractivity contribution in [1.29, 1.82) is 0 Å². The van der Waals surface area contributed by atoms with Gasteiger partial charge in [-0.15, -0.1) is 0 Å². The Bertz CT molecular complexity index is 930. The summed E-state index contributed by atoms with van der Waals surface area (Å²) in [6.07, 6.45) is 6.40. The number of amides is 1. The van der Waals surface area contributed by atoms with Crippen LogP contribution in [0.4, 0.5) is 0 Å². The molecule has 7 heteroatoms. The van der Waals surface area contributed by atoms with E-state index in [2.05, 4.69) is 15.4 Å². The molecule has 0 aliphatic carbocycles. The summed E-state index contributed by atoms with van der Waals surface area (Å²) in [7, 11) is 3.18. The fraction of sp³-hybridized carbons (Fsp3) is 0.190. The van der Waals surface area contributed by atoms with Crippen LogP contribution in [0.1, 0.15) is 16.7 Å². The van der Waals surface area contributed by atoms with Gasteiger partial charge in [0.2, 0.25) is 5.91 Å². The maximum atomic E-state index is 12.2. The predicted molar refractivity (Wildman–Crippen MR) is 106 cm³/mol. The first-order chi connectivity index (χ1) is 13.7. The van der Waals surface area contributed by atoms with E-state index in [1.165, 1.54) is 12.4 Å². The van der Waals surface area contributed by atoms with Crippen LogP contribution in [0.3, 0.4) is 0 Å². The van der Waals surface area contributed by atoms with Crippen LogP contribution in [0.15, 0.2) is 61.2 Å². The molecule has 144 valence electrons. The molecule has 28 heavy (non-hydrogen) atoms. The smallest absolute Gasteiger partial charge is 0.244 e. The summed E-state index contributed by atoms with van der Waals surface area (Å²) in [4.78, 5) is 16.1. The number of rotatable bonds is 8. The second-order valence-electron chi connectivity index (χ2n) is 6.11. The second-order valence-corrected chi connectivity index (χ2v) is 6.11. The third-order valence-corrected chi connectivity index (χ3v) is 4.07. The molecular weight excluding hydrogens is 356 g/mol. The number of aromatic nitrogens is 3. The average molecular weight is 378 g/mol. The van der Waals surface area contributed by atoms with Crippen molar-refractivity contribution in [3.63, 3.8) is 0 Å². The summed E-state index contributed by atoms with van der Waals surface area (Å²) in [6.45, 7) is 1.08. The van der Waals surface area contributed by atoms with Crippen molar-refractivity contribution in [3.05, 3.63) is 77.9 Å². The molecule has 0 atom stereocenters. The Kier molecular flexibility index (Phi) is 6.41. The Morgan fingerprint density at radius 3 is 2.54 bits per heavy atom. The molecule has 0 fully saturated rings. The zero-order valence-electron chi connectivity index (χ0n) is 15.8. The molecule has 0 saturated heterocycles. The van der Waals surface area contributed by atoms with Crippen molar-refractivity contribution >= 4 is 12.0 Å². The van der Waals surface area contributed by atoms with E-state index in [4.69, 9.17) is 9.47 Å². The van der Waals surface area contributed by atoms with Crippen molar-refractivity contribution in [1.82, 2.24) is 20.1 Å². The molecular formula is C21H22N4O3. The van der Waals surface area contributed by atoms with Gasteiger partial charge < -0.3 is 14.8 Å². The molecule has 0 aliphatic heterocycles. The first kappa shape index (κ1) is 19.2. The molecule has 0 saturated carbocycles. The van der Waals surface area contributed by atoms with E-state index < -0.39 is 0 Å². The van der Waals surface area contributed by atoms with Crippen molar-refractivity contribution < 1.29 is 14.3 Å². The lowest BCUT2D eigenvalue weighted by Gasteiger charge is -2.07. The maximum Gasteiger partial charge on any atom is 0.244 e. The Hall–Kier alpha value is -3.61. The molecule has 0 aliphatic rings. The van der Waals surface area contributed by atoms with Gasteiger partial charge in [-0.25, -0.2) is 9.67 Å². The molecule has 0 radical (unpaired) electrons. The highest BCUT2D eigenvalue weighted by Crippen LogP contribution is 2.23. The van der Waals surface area contributed by atoms with E-state index >= 15 is 0 Å². The van der Waals surface area contributed by atoms with E-state index in [1.54, 1.807) is 37.4 Å². The first-order valence-corrected chi connectivity index (χ1v) is 8.75. The fourth-order valence-electron chi connectivity index (χ4n) is 2.69. The van der Waals surface area contributed by atoms with Crippen LogP contribution in [-0.4, -0.2) is 34.9 Å². The standard InChI is InChI=1S/C21H22N4O3/c1-27-19-9-16(10-20(11-19)28-2)6-7-21(26)23-12-17-4-3-5-18(8-17)13-25-15-22-14-24-25/h3-11,14-15H,12-13H2,1-2H3,(H,23,26). The molecule has 2 aromatic carbocycles. The van der Waals surface area contributed by atoms with Crippen LogP contribution in [-0.2, 0) is 17.9 Å². The zero-order valence-corrected chi connectivity index (χ0v) is 15.8. The highest BCUT2D eigenvalue weighted by molar-refractivity contribution is 5.91. The number of methoxy groups -OCH3 is 2. The monoisotopic (exact) mass is 378 g/mol. The predicted octanol–water partition coefficient (Wildman–Crippen LogP) is 2.67. The van der Waals surface area contributed by atoms with Gasteiger partial charge in [0, 0.05) is 18.7 Å². The number of carbonyl (C=O) groups excluding carboxylic acids is 1. The average Bonchev–Trinajstić information content (AvgIpc) is 3.23. The van der Waals surface area contributed by atoms with Crippen LogP contribution in [0, 0.1) is 0 Å². The van der Waals surface area contributed by atoms with Gasteiger partial charge in [-0.3, -0.25) is 4.79 Å². The Balaban J connectivity index is 1.58. The molecule has 0 spiro atoms. The van der Waals surface area contributed by atoms with Gasteiger partial charge in [0.1, 0.15) is 24.2 Å². The summed E-state index contributed by atoms with van der Waals surface area (Å²) in [5.41, 5.74) is 2.93. The lowest BCUT2D eigenvalue weighted by molar-refractivity contribution is -0.116. The van der Waals surface area contributed by atoms with Gasteiger partial charge in [-0.2, -0.15) is 5.10 Å². The van der Waals surface area contributed by atoms with Gasteiger partial charge in [0.05, 0.1) is 20.8 Å². The number of hydrogen-bond acceptors (Lipinski definition) is 5. The topological polar surface area (TPSA) is 78.3 Å². The third kappa shape index (κ3) is 5.44. The first-order valence-electron chi connectivity index (χ1n) is 8.75. The van der Waals surface area contributed by atoms with Crippen LogP contribution < -0.4 is 14.8 Å². The molecule has 0 bridgehead atoms. The number of benzene rings is 2. The van der Waals surface area contributed by atoms with E-state index in [1.807, 2.05) is 36.4 Å². The normalized spacial score (nSPS) is 10.8. The lowest BCUT2D eigenvalue weighted by Crippen LogP contribution is -2.20. The summed E-state index contributed by atoms with van der Waals surface area (Å²) in [5.74, 6) is 1.16. The Morgan fingerprint density at radius 1 is 1.11 bits per heavy atom. The molecule has 1 heterocycles. The highest BCUT2D eigenvalue weighted by atomic mass is 16.5. The van der Waals surface area contributed by atoms with Crippen LogP contribution in [0.5, 0.6) is 11.5 Å². The van der Waals surface area contributed by atoms with Crippen molar-refractivity contribution in [2.75, 3.05) is 14.2 Å². The molecule has 3 aromatic rings. The van der Waals surface area contributed by atoms with Crippen LogP contribution in [0.2, 0.25) is 0 Å². The third-order valence-electron chi connectivity index (χ3n) is 4.07. The summed E-state index contributed by atoms with van der Waals surface area (Å²) in [6, 6.07) is 13.4. The number of nitrogens with one attached hydrogen (secondary N) is 1. The quantitative estimate of drug-likeness (QED) is 0.610. The fourth-order valence-corrected chi connectivity index (χ4v) is 2.69. The van der Waals surface area contributed by atoms with E-state index in [9.17, 15) is 4.79 Å². The number of nitrogens with zero attached hydrogens (tertiary/aromatic N) is 3. The molecule has 1 aromatic heterocycles. The minimum absolute atomic E-state index is 0.177. The summed E-state index contributed by atoms with van der Waals surface area (Å²) >= 11 is 0. The van der Waals surface area contributed by atoms with E-state index in [-0.39, 0.29) is 5.91 Å². The summed E-state index contributed by atoms with van der Waals surface area (Å²) < 4.78 is 12.2. The van der Waals surface area contributed by atoms with Gasteiger partial charge in [-0.05, 0) is 34.9 Å². The largest absolute Gasteiger partial charge is 0.497 e. The van der Waals surface area contributed by atoms with Gasteiger partial charge in [-0.1, -0.05) is 24.3 Å². The van der Waals surface area contributed by atoms with E-state index in [0.717, 1.165) is 16.7 Å². The zero-order chi connectivity index (χ0) is 19.8. The van der Waals surface area contributed by atoms with Crippen molar-refractivity contribution in [2.24, 2.45) is 0 Å². The second kappa shape index (κ2) is 9.36. The molecule has 7 nitrogen and oxygen atoms in total. The summed E-state index contributed by atoms with van der Waals surface area (Å²) in [5, 5.41) is 6.99. The molecule has 3 rings (SSSR count). The molecule has 1 amide bonds. The number of ether oxygens (including phenoxy) is 2. The van der Waals surface area contributed by atoms with Gasteiger partial charge in [0.15, 0.2) is 0 Å². The number of carbonyl (C=O) groups is 1. The maximum absolute atomic E-state index is 12.2. The minimum Gasteiger partial charge on any atom is -0.497 e. The molecule has 0 unspecified atom stereocenters. The van der Waals surface area contributed by atoms with Gasteiger partial charge in [0.25, 0.3) is 0 Å². The van der Waals surface area contributed by atoms with Crippen molar-refractivity contribution in [3.8, 4) is 11.5 Å². The Labute approximate surface area is 163 Å². The SMILES string of the molecule is COc1cc(C=CC(=O)NCc2cccc(Cn3cncn3)c2)cc(OC)c1. The van der Waals surface area contributed by atoms with E-state index in [0.29, 0.717) is 24.6 Å². The van der Waals surface area contributed by atoms with Crippen LogP contribution >= 0.6 is 0 Å². The molecule has 1 N–H and O–H groups in total. The Morgan fingerprint density at radius 2 is 1.86 bits per heavy atom.